The molecule has 50 heavy (non-hydrogen) atoms. The first kappa shape index (κ1) is 36.1. The fraction of sp³-hybridized carbons (Fsp3) is 0.714. The minimum atomic E-state index is -2.91. The molecule has 1 heterocycles. The van der Waals surface area contributed by atoms with Crippen molar-refractivity contribution in [1.29, 1.82) is 0 Å². The highest BCUT2D eigenvalue weighted by atomic mass is 32.2. The number of aromatic carboxylic acids is 1. The van der Waals surface area contributed by atoms with Crippen LogP contribution in [-0.4, -0.2) is 73.4 Å². The lowest BCUT2D eigenvalue weighted by Gasteiger charge is -2.71. The van der Waals surface area contributed by atoms with Gasteiger partial charge in [-0.05, 0) is 125 Å². The third kappa shape index (κ3) is 5.35. The van der Waals surface area contributed by atoms with E-state index in [0.29, 0.717) is 48.6 Å². The second-order valence-corrected chi connectivity index (χ2v) is 20.9. The van der Waals surface area contributed by atoms with Crippen molar-refractivity contribution < 1.29 is 23.1 Å². The molecule has 7 nitrogen and oxygen atoms in total. The Bertz CT molecular complexity index is 1730. The summed E-state index contributed by atoms with van der Waals surface area (Å²) in [4.78, 5) is 27.8. The summed E-state index contributed by atoms with van der Waals surface area (Å²) in [6, 6.07) is 7.49. The van der Waals surface area contributed by atoms with Gasteiger partial charge in [0.05, 0.1) is 17.1 Å². The van der Waals surface area contributed by atoms with E-state index in [4.69, 9.17) is 0 Å². The SMILES string of the molecule is CC(C)C1=C2[C@H]3CC[C@@H]4[C@@]5(C)CC=C(c6ccc(C(=O)O)cc6)C(C)(C)[C@@H]5CC[C@@]4(C)[C@]3(C)CC[C@@]2(NCCN2CCS(=O)(=O)CC2)CC1=O. The number of nitrogens with zero attached hydrogens (tertiary/aromatic N) is 1. The van der Waals surface area contributed by atoms with Gasteiger partial charge in [0.25, 0.3) is 0 Å². The van der Waals surface area contributed by atoms with E-state index in [1.165, 1.54) is 30.4 Å². The van der Waals surface area contributed by atoms with Crippen LogP contribution >= 0.6 is 0 Å². The maximum Gasteiger partial charge on any atom is 0.335 e. The monoisotopic (exact) mass is 704 g/mol. The molecule has 8 heteroatoms. The zero-order valence-electron chi connectivity index (χ0n) is 31.5. The fourth-order valence-corrected chi connectivity index (χ4v) is 14.4. The summed E-state index contributed by atoms with van der Waals surface area (Å²) in [6.45, 7) is 19.9. The molecule has 5 aliphatic carbocycles. The number of sulfone groups is 1. The van der Waals surface area contributed by atoms with Gasteiger partial charge in [-0.15, -0.1) is 0 Å². The van der Waals surface area contributed by atoms with E-state index in [1.54, 1.807) is 12.1 Å². The standard InChI is InChI=1S/C42H60N2O5S/c1-27(2)35-32(45)26-42(43-20-21-44-22-24-50(48,49)25-23-44)19-18-40(6)31(36(35)42)12-13-34-39(5)16-14-30(28-8-10-29(11-9-28)37(46)47)38(3,4)33(39)15-17-41(34,40)7/h8-11,14,27,31,33-34,43H,12-13,15-26H2,1-7H3,(H,46,47)/t31-,33+,34-,39+,40-,41-,42-/m1/s1. The molecule has 2 N–H and O–H groups in total. The smallest absolute Gasteiger partial charge is 0.335 e. The molecule has 0 unspecified atom stereocenters. The van der Waals surface area contributed by atoms with Crippen molar-refractivity contribution in [1.82, 2.24) is 10.2 Å². The minimum absolute atomic E-state index is 0.0355. The molecule has 0 spiro atoms. The third-order valence-electron chi connectivity index (χ3n) is 15.8. The Kier molecular flexibility index (Phi) is 8.75. The molecular weight excluding hydrogens is 645 g/mol. The number of rotatable bonds is 7. The van der Waals surface area contributed by atoms with Crippen molar-refractivity contribution >= 4 is 27.2 Å². The van der Waals surface area contributed by atoms with Crippen molar-refractivity contribution in [3.05, 3.63) is 52.6 Å². The van der Waals surface area contributed by atoms with Crippen molar-refractivity contribution in [3.63, 3.8) is 0 Å². The van der Waals surface area contributed by atoms with E-state index >= 15 is 0 Å². The van der Waals surface area contributed by atoms with E-state index < -0.39 is 15.8 Å². The van der Waals surface area contributed by atoms with Gasteiger partial charge in [0.15, 0.2) is 15.6 Å². The summed E-state index contributed by atoms with van der Waals surface area (Å²) in [6.07, 6.45) is 10.9. The van der Waals surface area contributed by atoms with E-state index in [2.05, 4.69) is 64.8 Å². The topological polar surface area (TPSA) is 104 Å². The molecule has 4 fully saturated rings. The Morgan fingerprint density at radius 2 is 1.62 bits per heavy atom. The van der Waals surface area contributed by atoms with Crippen LogP contribution in [0.2, 0.25) is 0 Å². The molecule has 0 bridgehead atoms. The Morgan fingerprint density at radius 1 is 0.940 bits per heavy atom. The van der Waals surface area contributed by atoms with Gasteiger partial charge in [0, 0.05) is 38.1 Å². The highest BCUT2D eigenvalue weighted by Gasteiger charge is 2.69. The second-order valence-electron chi connectivity index (χ2n) is 18.6. The van der Waals surface area contributed by atoms with Gasteiger partial charge in [-0.1, -0.05) is 66.7 Å². The number of Topliss-reactive ketones (excluding diaryl/α,β-unsaturated/α-hetero) is 1. The van der Waals surface area contributed by atoms with Crippen molar-refractivity contribution in [2.45, 2.75) is 105 Å². The molecule has 1 aromatic rings. The Hall–Kier alpha value is -2.29. The van der Waals surface area contributed by atoms with Crippen LogP contribution in [0.3, 0.4) is 0 Å². The van der Waals surface area contributed by atoms with Crippen molar-refractivity contribution in [2.75, 3.05) is 37.7 Å². The van der Waals surface area contributed by atoms with Crippen molar-refractivity contribution in [2.24, 2.45) is 45.3 Å². The number of fused-ring (bicyclic) bond motifs is 7. The summed E-state index contributed by atoms with van der Waals surface area (Å²) in [7, 11) is -2.91. The number of carbonyl (C=O) groups is 2. The van der Waals surface area contributed by atoms with Gasteiger partial charge in [-0.25, -0.2) is 13.2 Å². The number of carbonyl (C=O) groups excluding carboxylic acids is 1. The maximum absolute atomic E-state index is 14.0. The molecule has 6 aliphatic rings. The molecule has 0 amide bonds. The maximum atomic E-state index is 14.0. The summed E-state index contributed by atoms with van der Waals surface area (Å²) in [5.41, 5.74) is 5.45. The molecular formula is C42H60N2O5S. The Morgan fingerprint density at radius 3 is 2.26 bits per heavy atom. The number of carboxylic acids is 1. The van der Waals surface area contributed by atoms with Gasteiger partial charge in [0.1, 0.15) is 0 Å². The molecule has 274 valence electrons. The summed E-state index contributed by atoms with van der Waals surface area (Å²) in [5, 5.41) is 13.5. The Balaban J connectivity index is 1.18. The molecule has 0 aromatic heterocycles. The second kappa shape index (κ2) is 12.1. The quantitative estimate of drug-likeness (QED) is 0.304. The number of hydrogen-bond donors (Lipinski definition) is 2. The normalized spacial score (nSPS) is 39.3. The summed E-state index contributed by atoms with van der Waals surface area (Å²) < 4.78 is 24.0. The van der Waals surface area contributed by atoms with Crippen LogP contribution in [0.25, 0.3) is 5.57 Å². The average Bonchev–Trinajstić information content (AvgIpc) is 3.34. The average molecular weight is 705 g/mol. The number of hydrogen-bond acceptors (Lipinski definition) is 6. The number of allylic oxidation sites excluding steroid dienone is 3. The van der Waals surface area contributed by atoms with Crippen molar-refractivity contribution in [3.8, 4) is 0 Å². The third-order valence-corrected chi connectivity index (χ3v) is 17.4. The van der Waals surface area contributed by atoms with Crippen LogP contribution in [0.5, 0.6) is 0 Å². The lowest BCUT2D eigenvalue weighted by Crippen LogP contribution is -2.66. The predicted octanol–water partition coefficient (Wildman–Crippen LogP) is 7.43. The molecule has 7 rings (SSSR count). The minimum Gasteiger partial charge on any atom is -0.478 e. The first-order chi connectivity index (χ1) is 23.4. The van der Waals surface area contributed by atoms with Crippen LogP contribution < -0.4 is 5.32 Å². The number of benzene rings is 1. The van der Waals surface area contributed by atoms with Gasteiger partial charge < -0.3 is 15.3 Å². The highest BCUT2D eigenvalue weighted by Crippen LogP contribution is 2.76. The zero-order valence-corrected chi connectivity index (χ0v) is 32.3. The molecule has 7 atom stereocenters. The van der Waals surface area contributed by atoms with Gasteiger partial charge >= 0.3 is 5.97 Å². The number of nitrogens with one attached hydrogen (secondary N) is 1. The lowest BCUT2D eigenvalue weighted by atomic mass is 9.33. The zero-order chi connectivity index (χ0) is 36.1. The largest absolute Gasteiger partial charge is 0.478 e. The molecule has 1 aromatic carbocycles. The van der Waals surface area contributed by atoms with E-state index in [1.807, 2.05) is 12.1 Å². The summed E-state index contributed by atoms with van der Waals surface area (Å²) >= 11 is 0. The number of ketones is 1. The first-order valence-corrected chi connectivity index (χ1v) is 21.2. The van der Waals surface area contributed by atoms with Gasteiger partial charge in [-0.2, -0.15) is 0 Å². The Labute approximate surface area is 300 Å². The lowest BCUT2D eigenvalue weighted by molar-refractivity contribution is -0.194. The molecule has 3 saturated carbocycles. The number of carboxylic acid groups (broad SMARTS) is 1. The van der Waals surface area contributed by atoms with Crippen LogP contribution in [0.4, 0.5) is 0 Å². The van der Waals surface area contributed by atoms with Crippen LogP contribution in [0, 0.1) is 45.3 Å². The van der Waals surface area contributed by atoms with Gasteiger partial charge in [0.2, 0.25) is 0 Å². The predicted molar refractivity (Wildman–Crippen MR) is 200 cm³/mol. The molecule has 0 radical (unpaired) electrons. The van der Waals surface area contributed by atoms with Crippen LogP contribution in [-0.2, 0) is 14.6 Å². The van der Waals surface area contributed by atoms with E-state index in [9.17, 15) is 23.1 Å². The van der Waals surface area contributed by atoms with E-state index in [-0.39, 0.29) is 44.6 Å². The first-order valence-electron chi connectivity index (χ1n) is 19.4. The molecule has 1 saturated heterocycles. The fourth-order valence-electron chi connectivity index (χ4n) is 13.1. The van der Waals surface area contributed by atoms with Gasteiger partial charge in [-0.3, -0.25) is 4.79 Å². The highest BCUT2D eigenvalue weighted by molar-refractivity contribution is 7.91. The van der Waals surface area contributed by atoms with Crippen LogP contribution in [0.1, 0.15) is 116 Å². The summed E-state index contributed by atoms with van der Waals surface area (Å²) in [5.74, 6) is 1.62. The van der Waals surface area contributed by atoms with Crippen LogP contribution in [0.15, 0.2) is 41.5 Å². The molecule has 1 aliphatic heterocycles. The van der Waals surface area contributed by atoms with E-state index in [0.717, 1.165) is 49.9 Å².